The van der Waals surface area contributed by atoms with Gasteiger partial charge in [0, 0.05) is 24.5 Å². The number of carbonyl (C=O) groups excluding carboxylic acids is 2. The minimum atomic E-state index is -0.757. The Balaban J connectivity index is 2.03. The van der Waals surface area contributed by atoms with E-state index in [1.54, 1.807) is 36.7 Å². The van der Waals surface area contributed by atoms with E-state index in [4.69, 9.17) is 9.84 Å². The molecule has 0 bridgehead atoms. The molecule has 1 atom stereocenters. The molecule has 28 heavy (non-hydrogen) atoms. The molecule has 1 aromatic carbocycles. The van der Waals surface area contributed by atoms with Crippen molar-refractivity contribution in [2.75, 3.05) is 26.4 Å². The lowest BCUT2D eigenvalue weighted by Gasteiger charge is -2.24. The molecule has 0 aliphatic carbocycles. The number of hydrogen-bond acceptors (Lipinski definition) is 6. The van der Waals surface area contributed by atoms with E-state index in [1.165, 1.54) is 4.90 Å². The van der Waals surface area contributed by atoms with Crippen LogP contribution in [0.3, 0.4) is 0 Å². The van der Waals surface area contributed by atoms with Gasteiger partial charge in [0.1, 0.15) is 5.76 Å². The van der Waals surface area contributed by atoms with Crippen LogP contribution in [0.2, 0.25) is 0 Å². The molecule has 3 rings (SSSR count). The van der Waals surface area contributed by atoms with Gasteiger partial charge in [0.25, 0.3) is 11.7 Å². The fraction of sp³-hybridized carbons (Fsp3) is 0.286. The average molecular weight is 382 g/mol. The molecule has 0 radical (unpaired) electrons. The summed E-state index contributed by atoms with van der Waals surface area (Å²) < 4.78 is 5.26. The van der Waals surface area contributed by atoms with E-state index in [0.717, 1.165) is 5.56 Å². The molecular weight excluding hydrogens is 360 g/mol. The van der Waals surface area contributed by atoms with Crippen molar-refractivity contribution in [3.05, 3.63) is 71.1 Å². The standard InChI is InChI=1S/C21H22N2O5/c1-14-4-6-15(7-5-14)19(25)17-18(16-3-2-8-22-13-16)23(21(27)20(17)26)9-11-28-12-10-24/h2-8,13,18,24-25H,9-12H2,1H3/t18-/m0/s1. The Bertz CT molecular complexity index is 877. The smallest absolute Gasteiger partial charge is 0.295 e. The minimum Gasteiger partial charge on any atom is -0.507 e. The van der Waals surface area contributed by atoms with Crippen molar-refractivity contribution in [3.8, 4) is 0 Å². The normalized spacial score (nSPS) is 18.6. The van der Waals surface area contributed by atoms with Crippen LogP contribution in [0, 0.1) is 6.92 Å². The average Bonchev–Trinajstić information content (AvgIpc) is 2.97. The number of nitrogens with zero attached hydrogens (tertiary/aromatic N) is 2. The van der Waals surface area contributed by atoms with Crippen LogP contribution in [0.5, 0.6) is 0 Å². The number of likely N-dealkylation sites (tertiary alicyclic amines) is 1. The Kier molecular flexibility index (Phi) is 6.18. The Morgan fingerprint density at radius 1 is 1.18 bits per heavy atom. The lowest BCUT2D eigenvalue weighted by Crippen LogP contribution is -2.33. The predicted octanol–water partition coefficient (Wildman–Crippen LogP) is 1.82. The predicted molar refractivity (Wildman–Crippen MR) is 102 cm³/mol. The van der Waals surface area contributed by atoms with Gasteiger partial charge in [0.15, 0.2) is 0 Å². The van der Waals surface area contributed by atoms with Crippen LogP contribution in [0.25, 0.3) is 5.76 Å². The van der Waals surface area contributed by atoms with Gasteiger partial charge < -0.3 is 19.8 Å². The maximum atomic E-state index is 12.8. The van der Waals surface area contributed by atoms with Gasteiger partial charge in [-0.15, -0.1) is 0 Å². The van der Waals surface area contributed by atoms with Gasteiger partial charge in [-0.25, -0.2) is 0 Å². The summed E-state index contributed by atoms with van der Waals surface area (Å²) in [4.78, 5) is 30.9. The number of ether oxygens (including phenoxy) is 1. The summed E-state index contributed by atoms with van der Waals surface area (Å²) in [6.07, 6.45) is 3.17. The van der Waals surface area contributed by atoms with Crippen molar-refractivity contribution in [1.82, 2.24) is 9.88 Å². The van der Waals surface area contributed by atoms with E-state index in [1.807, 2.05) is 19.1 Å². The number of aliphatic hydroxyl groups is 2. The van der Waals surface area contributed by atoms with Crippen LogP contribution in [-0.2, 0) is 14.3 Å². The van der Waals surface area contributed by atoms with E-state index in [2.05, 4.69) is 4.98 Å². The molecular formula is C21H22N2O5. The molecule has 0 spiro atoms. The topological polar surface area (TPSA) is 100.0 Å². The van der Waals surface area contributed by atoms with Crippen molar-refractivity contribution in [1.29, 1.82) is 0 Å². The molecule has 1 aliphatic rings. The van der Waals surface area contributed by atoms with Crippen LogP contribution in [0.15, 0.2) is 54.4 Å². The monoisotopic (exact) mass is 382 g/mol. The summed E-state index contributed by atoms with van der Waals surface area (Å²) in [5, 5.41) is 19.7. The molecule has 1 fully saturated rings. The number of ketones is 1. The molecule has 2 N–H and O–H groups in total. The van der Waals surface area contributed by atoms with Crippen molar-refractivity contribution in [3.63, 3.8) is 0 Å². The summed E-state index contributed by atoms with van der Waals surface area (Å²) in [6.45, 7) is 2.25. The van der Waals surface area contributed by atoms with Crippen LogP contribution < -0.4 is 0 Å². The zero-order valence-corrected chi connectivity index (χ0v) is 15.5. The van der Waals surface area contributed by atoms with E-state index in [-0.39, 0.29) is 37.7 Å². The highest BCUT2D eigenvalue weighted by Crippen LogP contribution is 2.38. The third kappa shape index (κ3) is 3.95. The molecule has 1 saturated heterocycles. The zero-order valence-electron chi connectivity index (χ0n) is 15.5. The van der Waals surface area contributed by atoms with E-state index in [9.17, 15) is 14.7 Å². The summed E-state index contributed by atoms with van der Waals surface area (Å²) in [5.41, 5.74) is 2.14. The highest BCUT2D eigenvalue weighted by molar-refractivity contribution is 6.46. The maximum Gasteiger partial charge on any atom is 0.295 e. The molecule has 7 nitrogen and oxygen atoms in total. The van der Waals surface area contributed by atoms with Crippen molar-refractivity contribution in [2.24, 2.45) is 0 Å². The Morgan fingerprint density at radius 3 is 2.57 bits per heavy atom. The Labute approximate surface area is 162 Å². The van der Waals surface area contributed by atoms with Crippen LogP contribution in [0.4, 0.5) is 0 Å². The molecule has 146 valence electrons. The lowest BCUT2D eigenvalue weighted by atomic mass is 9.96. The highest BCUT2D eigenvalue weighted by atomic mass is 16.5. The number of pyridine rings is 1. The summed E-state index contributed by atoms with van der Waals surface area (Å²) in [5.74, 6) is -1.66. The largest absolute Gasteiger partial charge is 0.507 e. The van der Waals surface area contributed by atoms with Crippen LogP contribution in [-0.4, -0.2) is 58.2 Å². The van der Waals surface area contributed by atoms with Gasteiger partial charge in [-0.3, -0.25) is 14.6 Å². The molecule has 7 heteroatoms. The summed E-state index contributed by atoms with van der Waals surface area (Å²) >= 11 is 0. The molecule has 1 aliphatic heterocycles. The molecule has 1 amide bonds. The number of carbonyl (C=O) groups is 2. The van der Waals surface area contributed by atoms with Crippen molar-refractivity contribution >= 4 is 17.4 Å². The van der Waals surface area contributed by atoms with Crippen LogP contribution >= 0.6 is 0 Å². The van der Waals surface area contributed by atoms with Crippen LogP contribution in [0.1, 0.15) is 22.7 Å². The number of aromatic nitrogens is 1. The number of hydrogen-bond donors (Lipinski definition) is 2. The lowest BCUT2D eigenvalue weighted by molar-refractivity contribution is -0.140. The quantitative estimate of drug-likeness (QED) is 0.328. The van der Waals surface area contributed by atoms with Crippen molar-refractivity contribution in [2.45, 2.75) is 13.0 Å². The molecule has 0 unspecified atom stereocenters. The first-order chi connectivity index (χ1) is 13.5. The van der Waals surface area contributed by atoms with E-state index in [0.29, 0.717) is 11.1 Å². The third-order valence-corrected chi connectivity index (χ3v) is 4.58. The number of aryl methyl sites for hydroxylation is 1. The fourth-order valence-corrected chi connectivity index (χ4v) is 3.19. The van der Waals surface area contributed by atoms with Gasteiger partial charge in [-0.1, -0.05) is 35.9 Å². The first kappa shape index (κ1) is 19.7. The number of aliphatic hydroxyl groups excluding tert-OH is 2. The van der Waals surface area contributed by atoms with Gasteiger partial charge in [-0.2, -0.15) is 0 Å². The summed E-state index contributed by atoms with van der Waals surface area (Å²) in [7, 11) is 0. The van der Waals surface area contributed by atoms with E-state index >= 15 is 0 Å². The molecule has 1 aromatic heterocycles. The second kappa shape index (κ2) is 8.77. The maximum absolute atomic E-state index is 12.8. The van der Waals surface area contributed by atoms with Gasteiger partial charge in [-0.05, 0) is 18.6 Å². The van der Waals surface area contributed by atoms with Gasteiger partial charge >= 0.3 is 0 Å². The third-order valence-electron chi connectivity index (χ3n) is 4.58. The first-order valence-electron chi connectivity index (χ1n) is 8.98. The molecule has 2 heterocycles. The Hall–Kier alpha value is -3.03. The van der Waals surface area contributed by atoms with Gasteiger partial charge in [0.2, 0.25) is 0 Å². The SMILES string of the molecule is Cc1ccc(C(O)=C2C(=O)C(=O)N(CCOCCO)[C@H]2c2cccnc2)cc1. The van der Waals surface area contributed by atoms with Gasteiger partial charge in [0.05, 0.1) is 31.4 Å². The Morgan fingerprint density at radius 2 is 1.93 bits per heavy atom. The minimum absolute atomic E-state index is 0.0315. The number of rotatable bonds is 7. The second-order valence-electron chi connectivity index (χ2n) is 6.48. The highest BCUT2D eigenvalue weighted by Gasteiger charge is 2.45. The number of Topliss-reactive ketones (excluding diaryl/α,β-unsaturated/α-hetero) is 1. The molecule has 0 saturated carbocycles. The number of amides is 1. The molecule has 2 aromatic rings. The number of benzene rings is 1. The first-order valence-corrected chi connectivity index (χ1v) is 8.98. The van der Waals surface area contributed by atoms with E-state index < -0.39 is 17.7 Å². The van der Waals surface area contributed by atoms with Crippen molar-refractivity contribution < 1.29 is 24.5 Å². The second-order valence-corrected chi connectivity index (χ2v) is 6.48. The fourth-order valence-electron chi connectivity index (χ4n) is 3.19. The summed E-state index contributed by atoms with van der Waals surface area (Å²) in [6, 6.07) is 9.79. The zero-order chi connectivity index (χ0) is 20.1.